The molecule has 1 aromatic heterocycles. The molecular weight excluding hydrogens is 636 g/mol. The van der Waals surface area contributed by atoms with Crippen LogP contribution in [0.25, 0.3) is 5.76 Å². The maximum atomic E-state index is 13.7. The molecule has 1 amide bonds. The van der Waals surface area contributed by atoms with E-state index < -0.39 is 29.7 Å². The highest BCUT2D eigenvalue weighted by molar-refractivity contribution is 7.17. The van der Waals surface area contributed by atoms with E-state index in [-0.39, 0.29) is 34.1 Å². The Morgan fingerprint density at radius 1 is 1.04 bits per heavy atom. The zero-order chi connectivity index (χ0) is 34.5. The van der Waals surface area contributed by atoms with Gasteiger partial charge in [0, 0.05) is 18.9 Å². The zero-order valence-electron chi connectivity index (χ0n) is 26.8. The van der Waals surface area contributed by atoms with Gasteiger partial charge in [0.05, 0.1) is 23.9 Å². The number of hydrogen-bond donors (Lipinski definition) is 2. The Balaban J connectivity index is 0.00000107. The third kappa shape index (κ3) is 7.23. The third-order valence-electron chi connectivity index (χ3n) is 7.49. The maximum Gasteiger partial charge on any atom is 0.350 e. The summed E-state index contributed by atoms with van der Waals surface area (Å²) in [7, 11) is 0. The van der Waals surface area contributed by atoms with Crippen molar-refractivity contribution in [2.75, 3.05) is 11.5 Å². The first kappa shape index (κ1) is 33.9. The number of carboxylic acids is 1. The first-order valence-corrected chi connectivity index (χ1v) is 16.0. The van der Waals surface area contributed by atoms with E-state index in [1.54, 1.807) is 56.3 Å². The average molecular weight is 671 g/mol. The number of aliphatic hydroxyl groups excluding tert-OH is 1. The number of amides is 1. The number of carboxylic acid groups (broad SMARTS) is 1. The number of Topliss-reactive ketones (excluding diaryl/α,β-unsaturated/α-hetero) is 1. The number of nitrogens with zero attached hydrogens (tertiary/aromatic N) is 2. The fourth-order valence-corrected chi connectivity index (χ4v) is 6.44. The van der Waals surface area contributed by atoms with Gasteiger partial charge in [-0.1, -0.05) is 53.8 Å². The van der Waals surface area contributed by atoms with Crippen molar-refractivity contribution in [2.24, 2.45) is 0 Å². The number of aryl methyl sites for hydroxylation is 1. The molecule has 0 bridgehead atoms. The Kier molecular flexibility index (Phi) is 10.2. The van der Waals surface area contributed by atoms with Crippen LogP contribution in [-0.2, 0) is 32.1 Å². The maximum absolute atomic E-state index is 13.7. The first-order valence-electron chi connectivity index (χ1n) is 15.2. The molecule has 2 unspecified atom stereocenters. The van der Waals surface area contributed by atoms with Crippen LogP contribution in [0, 0.1) is 6.92 Å². The van der Waals surface area contributed by atoms with Crippen LogP contribution in [0.5, 0.6) is 11.5 Å². The highest BCUT2D eigenvalue weighted by Gasteiger charge is 2.48. The summed E-state index contributed by atoms with van der Waals surface area (Å²) < 4.78 is 17.0. The zero-order valence-corrected chi connectivity index (χ0v) is 27.6. The van der Waals surface area contributed by atoms with Crippen LogP contribution in [0.15, 0.2) is 78.4 Å². The number of esters is 1. The molecule has 0 spiro atoms. The summed E-state index contributed by atoms with van der Waals surface area (Å²) in [5, 5.41) is 19.2. The SMILES string of the molecule is CC(=O)O.CCOC(=O)c1sc(N2C(=O)C(=O)/C(=C(/O)c3ccc4c(c3)CC(C)O4)C2c2cccc(OCc3ccccc3)c2)nc1C. The van der Waals surface area contributed by atoms with Gasteiger partial charge in [-0.3, -0.25) is 19.3 Å². The quantitative estimate of drug-likeness (QED) is 0.0953. The van der Waals surface area contributed by atoms with Gasteiger partial charge in [-0.25, -0.2) is 9.78 Å². The number of carbonyl (C=O) groups excluding carboxylic acids is 3. The molecule has 0 saturated carbocycles. The van der Waals surface area contributed by atoms with Gasteiger partial charge in [0.15, 0.2) is 5.13 Å². The van der Waals surface area contributed by atoms with Crippen LogP contribution in [0.2, 0.25) is 0 Å². The van der Waals surface area contributed by atoms with Crippen molar-refractivity contribution >= 4 is 45.9 Å². The van der Waals surface area contributed by atoms with Gasteiger partial charge in [-0.15, -0.1) is 0 Å². The lowest BCUT2D eigenvalue weighted by Gasteiger charge is -2.23. The minimum Gasteiger partial charge on any atom is -0.507 e. The molecule has 2 atom stereocenters. The fourth-order valence-electron chi connectivity index (χ4n) is 5.46. The lowest BCUT2D eigenvalue weighted by atomic mass is 9.94. The minimum absolute atomic E-state index is 0.00617. The molecule has 12 heteroatoms. The second kappa shape index (κ2) is 14.5. The molecular formula is C36H34N2O9S. The van der Waals surface area contributed by atoms with E-state index in [0.29, 0.717) is 35.6 Å². The van der Waals surface area contributed by atoms with Crippen LogP contribution in [0.4, 0.5) is 5.13 Å². The third-order valence-corrected chi connectivity index (χ3v) is 8.63. The van der Waals surface area contributed by atoms with Gasteiger partial charge >= 0.3 is 11.9 Å². The Bertz CT molecular complexity index is 1900. The summed E-state index contributed by atoms with van der Waals surface area (Å²) in [4.78, 5) is 55.0. The van der Waals surface area contributed by atoms with Crippen molar-refractivity contribution in [1.82, 2.24) is 4.98 Å². The Labute approximate surface area is 281 Å². The predicted molar refractivity (Wildman–Crippen MR) is 178 cm³/mol. The number of aliphatic carboxylic acids is 1. The van der Waals surface area contributed by atoms with Crippen LogP contribution >= 0.6 is 11.3 Å². The highest BCUT2D eigenvalue weighted by atomic mass is 32.1. The Morgan fingerprint density at radius 2 is 1.77 bits per heavy atom. The number of thiazole rings is 1. The average Bonchev–Trinajstić information content (AvgIpc) is 3.71. The van der Waals surface area contributed by atoms with Crippen molar-refractivity contribution in [3.05, 3.63) is 111 Å². The summed E-state index contributed by atoms with van der Waals surface area (Å²) in [6, 6.07) is 20.9. The van der Waals surface area contributed by atoms with E-state index >= 15 is 0 Å². The van der Waals surface area contributed by atoms with Crippen LogP contribution in [-0.4, -0.2) is 51.5 Å². The highest BCUT2D eigenvalue weighted by Crippen LogP contribution is 2.45. The van der Waals surface area contributed by atoms with E-state index in [9.17, 15) is 19.5 Å². The first-order chi connectivity index (χ1) is 23.0. The molecule has 0 aliphatic carbocycles. The molecule has 6 rings (SSSR count). The van der Waals surface area contributed by atoms with E-state index in [0.717, 1.165) is 35.1 Å². The summed E-state index contributed by atoms with van der Waals surface area (Å²) in [6.45, 7) is 6.87. The van der Waals surface area contributed by atoms with Gasteiger partial charge in [0.2, 0.25) is 0 Å². The van der Waals surface area contributed by atoms with E-state index in [4.69, 9.17) is 24.1 Å². The van der Waals surface area contributed by atoms with Crippen molar-refractivity contribution in [2.45, 2.75) is 52.9 Å². The molecule has 2 aliphatic rings. The molecule has 248 valence electrons. The molecule has 48 heavy (non-hydrogen) atoms. The Hall–Kier alpha value is -5.49. The molecule has 3 heterocycles. The van der Waals surface area contributed by atoms with Gasteiger partial charge in [0.25, 0.3) is 11.8 Å². The fraction of sp³-hybridized carbons (Fsp3) is 0.250. The van der Waals surface area contributed by atoms with Gasteiger partial charge in [-0.05, 0) is 67.8 Å². The largest absolute Gasteiger partial charge is 0.507 e. The summed E-state index contributed by atoms with van der Waals surface area (Å²) in [6.07, 6.45) is 0.651. The molecule has 2 aliphatic heterocycles. The number of ketones is 1. The molecule has 4 aromatic rings. The number of anilines is 1. The molecule has 2 N–H and O–H groups in total. The molecule has 3 aromatic carbocycles. The number of aliphatic hydroxyl groups is 1. The summed E-state index contributed by atoms with van der Waals surface area (Å²) in [5.74, 6) is -2.20. The van der Waals surface area contributed by atoms with E-state index in [2.05, 4.69) is 4.98 Å². The monoisotopic (exact) mass is 670 g/mol. The van der Waals surface area contributed by atoms with Crippen LogP contribution < -0.4 is 14.4 Å². The Morgan fingerprint density at radius 3 is 2.48 bits per heavy atom. The smallest absolute Gasteiger partial charge is 0.350 e. The van der Waals surface area contributed by atoms with Crippen molar-refractivity contribution < 1.29 is 43.6 Å². The number of rotatable bonds is 8. The number of hydrogen-bond acceptors (Lipinski definition) is 10. The molecule has 11 nitrogen and oxygen atoms in total. The number of benzene rings is 3. The lowest BCUT2D eigenvalue weighted by molar-refractivity contribution is -0.134. The second-order valence-corrected chi connectivity index (χ2v) is 12.1. The molecule has 1 saturated heterocycles. The lowest BCUT2D eigenvalue weighted by Crippen LogP contribution is -2.29. The number of ether oxygens (including phenoxy) is 3. The standard InChI is InChI=1S/C34H30N2O7S.C2H4O2/c1-4-41-33(40)31-20(3)35-34(44-31)36-28(22-11-8-12-25(17-22)42-18-21-9-6-5-7-10-21)27(30(38)32(36)39)29(37)23-13-14-26-24(16-23)15-19(2)43-26;1-2(3)4/h5-14,16-17,19,28,37H,4,15,18H2,1-3H3;1H3,(H,3,4)/b29-27+;. The van der Waals surface area contributed by atoms with Gasteiger partial charge in [-0.2, -0.15) is 0 Å². The normalized spacial score (nSPS) is 17.6. The summed E-state index contributed by atoms with van der Waals surface area (Å²) >= 11 is 0.962. The minimum atomic E-state index is -1.04. The van der Waals surface area contributed by atoms with Gasteiger partial charge < -0.3 is 24.4 Å². The van der Waals surface area contributed by atoms with Crippen molar-refractivity contribution in [3.8, 4) is 11.5 Å². The summed E-state index contributed by atoms with van der Waals surface area (Å²) in [5.41, 5.74) is 3.08. The second-order valence-electron chi connectivity index (χ2n) is 11.1. The topological polar surface area (TPSA) is 153 Å². The van der Waals surface area contributed by atoms with E-state index in [1.807, 2.05) is 37.3 Å². The van der Waals surface area contributed by atoms with Crippen LogP contribution in [0.1, 0.15) is 64.4 Å². The van der Waals surface area contributed by atoms with Crippen molar-refractivity contribution in [3.63, 3.8) is 0 Å². The predicted octanol–water partition coefficient (Wildman–Crippen LogP) is 6.25. The van der Waals surface area contributed by atoms with Crippen molar-refractivity contribution in [1.29, 1.82) is 0 Å². The van der Waals surface area contributed by atoms with Crippen LogP contribution in [0.3, 0.4) is 0 Å². The number of fused-ring (bicyclic) bond motifs is 1. The molecule has 1 fully saturated rings. The van der Waals surface area contributed by atoms with Gasteiger partial charge in [0.1, 0.15) is 34.8 Å². The number of carbonyl (C=O) groups is 4. The number of aromatic nitrogens is 1. The van der Waals surface area contributed by atoms with E-state index in [1.165, 1.54) is 4.90 Å². The molecule has 0 radical (unpaired) electrons.